The summed E-state index contributed by atoms with van der Waals surface area (Å²) in [5, 5.41) is 0. The zero-order chi connectivity index (χ0) is 5.70. The summed E-state index contributed by atoms with van der Waals surface area (Å²) in [5.41, 5.74) is 0. The fourth-order valence-corrected chi connectivity index (χ4v) is 0.224. The van der Waals surface area contributed by atoms with Gasteiger partial charge in [-0.1, -0.05) is 6.58 Å². The van der Waals surface area contributed by atoms with E-state index in [0.29, 0.717) is 12.8 Å². The Hall–Kier alpha value is 0.514. The van der Waals surface area contributed by atoms with Crippen molar-refractivity contribution >= 4 is 0 Å². The summed E-state index contributed by atoms with van der Waals surface area (Å²) in [7, 11) is 0. The maximum absolute atomic E-state index is 11.6. The Kier molecular flexibility index (Phi) is 10.6. The minimum atomic E-state index is -0.295. The van der Waals surface area contributed by atoms with E-state index in [1.54, 1.807) is 0 Å². The molecule has 2 heteroatoms. The summed E-state index contributed by atoms with van der Waals surface area (Å²) in [6.07, 6.45) is 3.48. The molecule has 0 N–H and O–H groups in total. The van der Waals surface area contributed by atoms with E-state index in [4.69, 9.17) is 0 Å². The summed E-state index contributed by atoms with van der Waals surface area (Å²) in [4.78, 5) is 0. The molecule has 8 heavy (non-hydrogen) atoms. The Labute approximate surface area is 74.7 Å². The quantitative estimate of drug-likeness (QED) is 0.595. The molecule has 0 amide bonds. The van der Waals surface area contributed by atoms with Gasteiger partial charge in [0.05, 0.1) is 5.83 Å². The number of halogens is 1. The zero-order valence-electron chi connectivity index (χ0n) is 4.78. The van der Waals surface area contributed by atoms with Crippen LogP contribution in [-0.2, 0) is 32.7 Å². The average molecular weight is 188 g/mol. The van der Waals surface area contributed by atoms with Crippen molar-refractivity contribution in [3.8, 4) is 0 Å². The van der Waals surface area contributed by atoms with Crippen molar-refractivity contribution in [3.63, 3.8) is 0 Å². The number of hydrogen-bond donors (Lipinski definition) is 0. The van der Waals surface area contributed by atoms with E-state index < -0.39 is 0 Å². The Balaban J connectivity index is 0. The van der Waals surface area contributed by atoms with Crippen LogP contribution in [0.4, 0.5) is 4.39 Å². The van der Waals surface area contributed by atoms with Crippen LogP contribution in [-0.4, -0.2) is 0 Å². The van der Waals surface area contributed by atoms with Crippen LogP contribution in [0.3, 0.4) is 0 Å². The van der Waals surface area contributed by atoms with Crippen LogP contribution in [0, 0.1) is 6.08 Å². The number of rotatable bonds is 3. The molecule has 43 valence electrons. The third-order valence-electron chi connectivity index (χ3n) is 0.573. The molecule has 0 aliphatic heterocycles. The summed E-state index contributed by atoms with van der Waals surface area (Å²) in [6.45, 7) is 6.36. The van der Waals surface area contributed by atoms with Gasteiger partial charge in [0.2, 0.25) is 0 Å². The molecule has 0 unspecified atom stereocenters. The second-order valence-electron chi connectivity index (χ2n) is 1.27. The van der Waals surface area contributed by atoms with E-state index in [9.17, 15) is 4.39 Å². The predicted molar refractivity (Wildman–Crippen MR) is 28.4 cm³/mol. The molecule has 0 aromatic heterocycles. The van der Waals surface area contributed by atoms with Crippen molar-refractivity contribution in [2.45, 2.75) is 12.8 Å². The Morgan fingerprint density at radius 1 is 1.62 bits per heavy atom. The van der Waals surface area contributed by atoms with E-state index in [0.717, 1.165) is 0 Å². The van der Waals surface area contributed by atoms with Crippen LogP contribution in [0.25, 0.3) is 0 Å². The second-order valence-corrected chi connectivity index (χ2v) is 1.27. The van der Waals surface area contributed by atoms with Crippen LogP contribution in [0.5, 0.6) is 0 Å². The molecule has 1 radical (unpaired) electrons. The van der Waals surface area contributed by atoms with Gasteiger partial charge in [-0.05, 0) is 6.42 Å². The molecule has 0 aromatic rings. The molecule has 0 aliphatic rings. The van der Waals surface area contributed by atoms with Gasteiger partial charge in [0.15, 0.2) is 0 Å². The van der Waals surface area contributed by atoms with Gasteiger partial charge in [0, 0.05) is 32.7 Å². The molecule has 0 nitrogen and oxygen atoms in total. The topological polar surface area (TPSA) is 0 Å². The van der Waals surface area contributed by atoms with Crippen molar-refractivity contribution in [3.05, 3.63) is 25.1 Å². The Morgan fingerprint density at radius 3 is 2.25 bits per heavy atom. The Morgan fingerprint density at radius 2 is 2.12 bits per heavy atom. The van der Waals surface area contributed by atoms with Crippen LogP contribution >= 0.6 is 0 Å². The summed E-state index contributed by atoms with van der Waals surface area (Å²) in [6, 6.07) is 0. The van der Waals surface area contributed by atoms with Crippen molar-refractivity contribution < 1.29 is 37.1 Å². The molecule has 0 saturated carbocycles. The smallest absolute Gasteiger partial charge is 0.0903 e. The molecule has 0 atom stereocenters. The van der Waals surface area contributed by atoms with Gasteiger partial charge in [0.1, 0.15) is 0 Å². The third-order valence-corrected chi connectivity index (χ3v) is 0.573. The second kappa shape index (κ2) is 7.51. The monoisotopic (exact) mass is 188 g/mol. The van der Waals surface area contributed by atoms with Crippen molar-refractivity contribution in [2.75, 3.05) is 0 Å². The predicted octanol–water partition coefficient (Wildman–Crippen LogP) is 2.24. The molecular weight excluding hydrogens is 180 g/mol. The van der Waals surface area contributed by atoms with Crippen molar-refractivity contribution in [1.29, 1.82) is 0 Å². The van der Waals surface area contributed by atoms with Crippen LogP contribution in [0.2, 0.25) is 0 Å². The molecule has 0 saturated heterocycles. The van der Waals surface area contributed by atoms with Gasteiger partial charge in [0.25, 0.3) is 0 Å². The van der Waals surface area contributed by atoms with Gasteiger partial charge in [-0.25, -0.2) is 4.39 Å². The molecule has 0 aliphatic carbocycles. The first-order valence-corrected chi connectivity index (χ1v) is 2.10. The van der Waals surface area contributed by atoms with Gasteiger partial charge < -0.3 is 6.08 Å². The van der Waals surface area contributed by atoms with E-state index >= 15 is 0 Å². The van der Waals surface area contributed by atoms with E-state index in [-0.39, 0.29) is 38.5 Å². The van der Waals surface area contributed by atoms with Gasteiger partial charge in [-0.3, -0.25) is 6.58 Å². The van der Waals surface area contributed by atoms with Crippen molar-refractivity contribution in [1.82, 2.24) is 0 Å². The first-order valence-electron chi connectivity index (χ1n) is 2.10. The molecule has 0 bridgehead atoms. The normalized spacial score (nSPS) is 7.12. The molecule has 0 aromatic carbocycles. The maximum atomic E-state index is 11.6. The van der Waals surface area contributed by atoms with Gasteiger partial charge in [-0.15, -0.1) is 0 Å². The van der Waals surface area contributed by atoms with E-state index in [1.165, 1.54) is 0 Å². The molecule has 0 spiro atoms. The van der Waals surface area contributed by atoms with Crippen LogP contribution in [0.1, 0.15) is 12.8 Å². The largest absolute Gasteiger partial charge is 0.504 e. The number of allylic oxidation sites excluding steroid dienone is 2. The first kappa shape index (κ1) is 11.3. The van der Waals surface area contributed by atoms with Gasteiger partial charge >= 0.3 is 0 Å². The fraction of sp³-hybridized carbons (Fsp3) is 0.333. The van der Waals surface area contributed by atoms with E-state index in [1.807, 2.05) is 0 Å². The molecular formula is C6H8FY-. The van der Waals surface area contributed by atoms with Gasteiger partial charge in [-0.2, -0.15) is 6.42 Å². The first-order chi connectivity index (χ1) is 3.27. The van der Waals surface area contributed by atoms with E-state index in [2.05, 4.69) is 19.2 Å². The van der Waals surface area contributed by atoms with Crippen LogP contribution in [0.15, 0.2) is 19.0 Å². The minimum Gasteiger partial charge on any atom is -0.504 e. The summed E-state index contributed by atoms with van der Waals surface area (Å²) < 4.78 is 11.6. The maximum Gasteiger partial charge on any atom is 0.0903 e. The molecule has 0 heterocycles. The summed E-state index contributed by atoms with van der Waals surface area (Å²) >= 11 is 0. The Bertz CT molecular complexity index is 78.6. The SMILES string of the molecule is C=[C-]CCC(=C)F.[Y]. The standard InChI is InChI=1S/C6H8F.Y/c1-3-4-5-6(2)7;/h1-2,4-5H2;/q-1;. The van der Waals surface area contributed by atoms with Crippen molar-refractivity contribution in [2.24, 2.45) is 0 Å². The summed E-state index contributed by atoms with van der Waals surface area (Å²) in [5.74, 6) is -0.295. The van der Waals surface area contributed by atoms with Crippen LogP contribution < -0.4 is 0 Å². The minimum absolute atomic E-state index is 0. The molecule has 0 rings (SSSR count). The third kappa shape index (κ3) is 9.72. The average Bonchev–Trinajstić information content (AvgIpc) is 1.61. The number of hydrogen-bond acceptors (Lipinski definition) is 0. The fourth-order valence-electron chi connectivity index (χ4n) is 0.224. The molecule has 0 fully saturated rings. The zero-order valence-corrected chi connectivity index (χ0v) is 7.62.